The van der Waals surface area contributed by atoms with Gasteiger partial charge in [-0.15, -0.1) is 0 Å². The highest BCUT2D eigenvalue weighted by Gasteiger charge is 2.40. The van der Waals surface area contributed by atoms with E-state index in [-0.39, 0.29) is 12.1 Å². The third kappa shape index (κ3) is 4.68. The van der Waals surface area contributed by atoms with Gasteiger partial charge in [0.15, 0.2) is 0 Å². The highest BCUT2D eigenvalue weighted by atomic mass is 16.6. The quantitative estimate of drug-likeness (QED) is 0.824. The van der Waals surface area contributed by atoms with Gasteiger partial charge >= 0.3 is 6.09 Å². The number of ether oxygens (including phenoxy) is 1. The van der Waals surface area contributed by atoms with Crippen molar-refractivity contribution in [2.45, 2.75) is 83.5 Å². The molecular formula is C15H28N2O2. The van der Waals surface area contributed by atoms with E-state index in [4.69, 9.17) is 4.74 Å². The summed E-state index contributed by atoms with van der Waals surface area (Å²) in [6, 6.07) is 1.25. The predicted molar refractivity (Wildman–Crippen MR) is 76.1 cm³/mol. The fourth-order valence-corrected chi connectivity index (χ4v) is 2.93. The second-order valence-corrected chi connectivity index (χ2v) is 7.09. The average Bonchev–Trinajstić information content (AvgIpc) is 2.80. The smallest absolute Gasteiger partial charge is 0.407 e. The Kier molecular flexibility index (Phi) is 4.39. The summed E-state index contributed by atoms with van der Waals surface area (Å²) in [7, 11) is 0. The van der Waals surface area contributed by atoms with E-state index in [1.54, 1.807) is 0 Å². The highest BCUT2D eigenvalue weighted by Crippen LogP contribution is 2.30. The van der Waals surface area contributed by atoms with Gasteiger partial charge in [-0.1, -0.05) is 12.8 Å². The molecule has 0 aromatic rings. The number of alkyl carbamates (subject to hydrolysis) is 1. The van der Waals surface area contributed by atoms with E-state index in [1.165, 1.54) is 25.7 Å². The molecule has 4 heteroatoms. The van der Waals surface area contributed by atoms with Crippen molar-refractivity contribution in [2.75, 3.05) is 0 Å². The molecule has 0 spiro atoms. The van der Waals surface area contributed by atoms with Crippen molar-refractivity contribution in [3.8, 4) is 0 Å². The van der Waals surface area contributed by atoms with Crippen LogP contribution in [0.5, 0.6) is 0 Å². The van der Waals surface area contributed by atoms with E-state index in [9.17, 15) is 4.79 Å². The molecule has 2 rings (SSSR count). The molecular weight excluding hydrogens is 240 g/mol. The molecule has 19 heavy (non-hydrogen) atoms. The highest BCUT2D eigenvalue weighted by molar-refractivity contribution is 5.68. The number of carbonyl (C=O) groups excluding carboxylic acids is 1. The molecule has 1 amide bonds. The zero-order valence-electron chi connectivity index (χ0n) is 12.7. The van der Waals surface area contributed by atoms with Gasteiger partial charge in [0.05, 0.1) is 0 Å². The molecule has 3 atom stereocenters. The molecule has 110 valence electrons. The van der Waals surface area contributed by atoms with Crippen molar-refractivity contribution < 1.29 is 9.53 Å². The summed E-state index contributed by atoms with van der Waals surface area (Å²) in [5, 5.41) is 6.58. The number of nitrogens with one attached hydrogen (secondary N) is 2. The van der Waals surface area contributed by atoms with Crippen LogP contribution in [0.15, 0.2) is 0 Å². The third-order valence-electron chi connectivity index (χ3n) is 4.08. The van der Waals surface area contributed by atoms with Crippen LogP contribution < -0.4 is 10.6 Å². The SMILES string of the molecule is CC(NC1CC1NC(=O)OC(C)(C)C)C1CCCC1. The van der Waals surface area contributed by atoms with Gasteiger partial charge in [-0.05, 0) is 52.9 Å². The zero-order chi connectivity index (χ0) is 14.0. The van der Waals surface area contributed by atoms with Crippen molar-refractivity contribution in [1.82, 2.24) is 10.6 Å². The Morgan fingerprint density at radius 2 is 1.84 bits per heavy atom. The Hall–Kier alpha value is -0.770. The molecule has 2 saturated carbocycles. The first-order valence-electron chi connectivity index (χ1n) is 7.61. The Morgan fingerprint density at radius 3 is 2.42 bits per heavy atom. The van der Waals surface area contributed by atoms with Crippen LogP contribution in [0.25, 0.3) is 0 Å². The van der Waals surface area contributed by atoms with Gasteiger partial charge in [0.1, 0.15) is 5.60 Å². The van der Waals surface area contributed by atoms with Gasteiger partial charge in [0, 0.05) is 18.1 Å². The van der Waals surface area contributed by atoms with Crippen molar-refractivity contribution >= 4 is 6.09 Å². The van der Waals surface area contributed by atoms with E-state index in [0.717, 1.165) is 12.3 Å². The van der Waals surface area contributed by atoms with Crippen LogP contribution in [-0.4, -0.2) is 29.8 Å². The Balaban J connectivity index is 1.65. The molecule has 3 unspecified atom stereocenters. The zero-order valence-corrected chi connectivity index (χ0v) is 12.7. The fourth-order valence-electron chi connectivity index (χ4n) is 2.93. The van der Waals surface area contributed by atoms with E-state index >= 15 is 0 Å². The summed E-state index contributed by atoms with van der Waals surface area (Å²) in [5.41, 5.74) is -0.418. The molecule has 0 aromatic heterocycles. The Bertz CT molecular complexity index is 319. The summed E-state index contributed by atoms with van der Waals surface area (Å²) in [5.74, 6) is 0.822. The van der Waals surface area contributed by atoms with Gasteiger partial charge in [-0.2, -0.15) is 0 Å². The maximum atomic E-state index is 11.6. The summed E-state index contributed by atoms with van der Waals surface area (Å²) >= 11 is 0. The minimum Gasteiger partial charge on any atom is -0.444 e. The second-order valence-electron chi connectivity index (χ2n) is 7.09. The third-order valence-corrected chi connectivity index (χ3v) is 4.08. The summed E-state index contributed by atoms with van der Waals surface area (Å²) in [6.07, 6.45) is 6.18. The molecule has 4 nitrogen and oxygen atoms in total. The first-order chi connectivity index (χ1) is 8.85. The number of amides is 1. The number of hydrogen-bond acceptors (Lipinski definition) is 3. The van der Waals surface area contributed by atoms with Crippen molar-refractivity contribution in [1.29, 1.82) is 0 Å². The van der Waals surface area contributed by atoms with Crippen LogP contribution in [0.4, 0.5) is 4.79 Å². The first-order valence-corrected chi connectivity index (χ1v) is 7.61. The molecule has 0 heterocycles. The predicted octanol–water partition coefficient (Wildman–Crippen LogP) is 2.82. The van der Waals surface area contributed by atoms with Gasteiger partial charge in [-0.3, -0.25) is 0 Å². The summed E-state index contributed by atoms with van der Waals surface area (Å²) in [4.78, 5) is 11.6. The molecule has 0 radical (unpaired) electrons. The van der Waals surface area contributed by atoms with E-state index in [0.29, 0.717) is 12.1 Å². The molecule has 2 aliphatic carbocycles. The standard InChI is InChI=1S/C15H28N2O2/c1-10(11-7-5-6-8-11)16-12-9-13(12)17-14(18)19-15(2,3)4/h10-13,16H,5-9H2,1-4H3,(H,17,18). The lowest BCUT2D eigenvalue weighted by atomic mass is 10.00. The monoisotopic (exact) mass is 268 g/mol. The lowest BCUT2D eigenvalue weighted by molar-refractivity contribution is 0.0521. The molecule has 2 N–H and O–H groups in total. The Labute approximate surface area is 116 Å². The summed E-state index contributed by atoms with van der Waals surface area (Å²) in [6.45, 7) is 7.94. The van der Waals surface area contributed by atoms with Crippen molar-refractivity contribution in [3.05, 3.63) is 0 Å². The van der Waals surface area contributed by atoms with Gasteiger partial charge in [0.2, 0.25) is 0 Å². The molecule has 0 saturated heterocycles. The lowest BCUT2D eigenvalue weighted by Crippen LogP contribution is -2.40. The Morgan fingerprint density at radius 1 is 1.21 bits per heavy atom. The summed E-state index contributed by atoms with van der Waals surface area (Å²) < 4.78 is 5.26. The topological polar surface area (TPSA) is 50.4 Å². The number of rotatable bonds is 4. The van der Waals surface area contributed by atoms with Crippen LogP contribution in [0.1, 0.15) is 59.8 Å². The lowest BCUT2D eigenvalue weighted by Gasteiger charge is -2.21. The molecule has 0 aromatic carbocycles. The second kappa shape index (κ2) is 5.70. The molecule has 2 aliphatic rings. The van der Waals surface area contributed by atoms with Gasteiger partial charge in [0.25, 0.3) is 0 Å². The fraction of sp³-hybridized carbons (Fsp3) is 0.933. The van der Waals surface area contributed by atoms with Gasteiger partial charge < -0.3 is 15.4 Å². The minimum atomic E-state index is -0.418. The molecule has 2 fully saturated rings. The van der Waals surface area contributed by atoms with Crippen LogP contribution in [0.3, 0.4) is 0 Å². The normalized spacial score (nSPS) is 29.1. The van der Waals surface area contributed by atoms with E-state index < -0.39 is 5.60 Å². The van der Waals surface area contributed by atoms with Crippen LogP contribution >= 0.6 is 0 Å². The minimum absolute atomic E-state index is 0.249. The number of hydrogen-bond donors (Lipinski definition) is 2. The number of carbonyl (C=O) groups is 1. The van der Waals surface area contributed by atoms with Crippen molar-refractivity contribution in [3.63, 3.8) is 0 Å². The van der Waals surface area contributed by atoms with E-state index in [2.05, 4.69) is 17.6 Å². The van der Waals surface area contributed by atoms with Crippen LogP contribution in [0.2, 0.25) is 0 Å². The average molecular weight is 268 g/mol. The molecule has 0 bridgehead atoms. The van der Waals surface area contributed by atoms with Gasteiger partial charge in [-0.25, -0.2) is 4.79 Å². The van der Waals surface area contributed by atoms with E-state index in [1.807, 2.05) is 20.8 Å². The van der Waals surface area contributed by atoms with Crippen molar-refractivity contribution in [2.24, 2.45) is 5.92 Å². The van der Waals surface area contributed by atoms with Crippen LogP contribution in [-0.2, 0) is 4.74 Å². The maximum absolute atomic E-state index is 11.6. The largest absolute Gasteiger partial charge is 0.444 e. The first kappa shape index (κ1) is 14.6. The molecule has 0 aliphatic heterocycles. The maximum Gasteiger partial charge on any atom is 0.407 e. The van der Waals surface area contributed by atoms with Crippen LogP contribution in [0, 0.1) is 5.92 Å².